The summed E-state index contributed by atoms with van der Waals surface area (Å²) in [6.07, 6.45) is 4.25. The van der Waals surface area contributed by atoms with E-state index in [0.717, 1.165) is 6.42 Å². The first-order valence-corrected chi connectivity index (χ1v) is 13.9. The summed E-state index contributed by atoms with van der Waals surface area (Å²) in [6, 6.07) is -4.12. The lowest BCUT2D eigenvalue weighted by atomic mass is 10.0. The van der Waals surface area contributed by atoms with E-state index in [9.17, 15) is 28.8 Å². The summed E-state index contributed by atoms with van der Waals surface area (Å²) < 4.78 is 0. The zero-order valence-corrected chi connectivity index (χ0v) is 23.1. The number of carbonyl (C=O) groups is 6. The van der Waals surface area contributed by atoms with E-state index in [-0.39, 0.29) is 24.7 Å². The molecule has 2 heterocycles. The number of carbonyl (C=O) groups excluding carboxylic acids is 5. The topological polar surface area (TPSA) is 207 Å². The lowest BCUT2D eigenvalue weighted by Crippen LogP contribution is -2.57. The van der Waals surface area contributed by atoms with Crippen LogP contribution >= 0.6 is 0 Å². The van der Waals surface area contributed by atoms with Crippen LogP contribution in [0.4, 0.5) is 0 Å². The molecule has 13 heteroatoms. The second-order valence-electron chi connectivity index (χ2n) is 10.7. The van der Waals surface area contributed by atoms with Crippen molar-refractivity contribution in [2.45, 2.75) is 102 Å². The molecule has 13 nitrogen and oxygen atoms in total. The average molecular weight is 554 g/mol. The monoisotopic (exact) mass is 553 g/mol. The minimum atomic E-state index is -1.05. The molecule has 220 valence electrons. The third-order valence-electron chi connectivity index (χ3n) is 7.45. The Labute approximate surface area is 229 Å². The largest absolute Gasteiger partial charge is 0.481 e. The maximum Gasteiger partial charge on any atom is 0.303 e. The number of hydrogen-bond acceptors (Lipinski definition) is 7. The van der Waals surface area contributed by atoms with Crippen LogP contribution < -0.4 is 22.1 Å². The SMILES string of the molecule is CC(C)[C@H](C=O)NC(=O)[C@H](CCCC[NH3+])NC(=O)[C@H]1CCCN1C(=O)[C@H]1CCCN1C(=O)[C@@H](N)CCC(=O)O. The number of carboxylic acid groups (broad SMARTS) is 1. The van der Waals surface area contributed by atoms with E-state index in [1.807, 2.05) is 13.8 Å². The minimum Gasteiger partial charge on any atom is -0.481 e. The molecule has 0 aromatic rings. The first kappa shape index (κ1) is 32.2. The maximum absolute atomic E-state index is 13.5. The van der Waals surface area contributed by atoms with Crippen molar-refractivity contribution in [1.82, 2.24) is 20.4 Å². The number of nitrogens with two attached hydrogens (primary N) is 1. The number of carboxylic acids is 1. The molecular formula is C26H45N6O7+. The van der Waals surface area contributed by atoms with Crippen LogP contribution in [0.1, 0.15) is 71.6 Å². The summed E-state index contributed by atoms with van der Waals surface area (Å²) in [6.45, 7) is 5.00. The van der Waals surface area contributed by atoms with Gasteiger partial charge in [-0.15, -0.1) is 0 Å². The number of aldehydes is 1. The second kappa shape index (κ2) is 15.5. The van der Waals surface area contributed by atoms with Gasteiger partial charge in [-0.3, -0.25) is 24.0 Å². The summed E-state index contributed by atoms with van der Waals surface area (Å²) in [5.41, 5.74) is 9.74. The van der Waals surface area contributed by atoms with Gasteiger partial charge in [0.2, 0.25) is 23.6 Å². The molecule has 0 radical (unpaired) electrons. The van der Waals surface area contributed by atoms with Gasteiger partial charge in [-0.05, 0) is 57.3 Å². The van der Waals surface area contributed by atoms with Crippen molar-refractivity contribution in [3.63, 3.8) is 0 Å². The lowest BCUT2D eigenvalue weighted by molar-refractivity contribution is -0.368. The number of rotatable bonds is 15. The molecule has 5 atom stereocenters. The molecule has 0 unspecified atom stereocenters. The average Bonchev–Trinajstić information content (AvgIpc) is 3.59. The summed E-state index contributed by atoms with van der Waals surface area (Å²) in [4.78, 5) is 77.9. The van der Waals surface area contributed by atoms with Crippen molar-refractivity contribution in [2.75, 3.05) is 19.6 Å². The number of nitrogens with zero attached hydrogens (tertiary/aromatic N) is 2. The third-order valence-corrected chi connectivity index (χ3v) is 7.45. The van der Waals surface area contributed by atoms with Crippen molar-refractivity contribution >= 4 is 35.9 Å². The van der Waals surface area contributed by atoms with Crippen LogP contribution in [0.2, 0.25) is 0 Å². The van der Waals surface area contributed by atoms with Crippen molar-refractivity contribution < 1.29 is 39.6 Å². The summed E-state index contributed by atoms with van der Waals surface area (Å²) in [5, 5.41) is 14.4. The molecule has 0 spiro atoms. The van der Waals surface area contributed by atoms with E-state index < -0.39 is 53.9 Å². The Bertz CT molecular complexity index is 898. The van der Waals surface area contributed by atoms with Gasteiger partial charge in [-0.25, -0.2) is 0 Å². The van der Waals surface area contributed by atoms with Crippen LogP contribution in [0.25, 0.3) is 0 Å². The molecule has 2 aliphatic rings. The van der Waals surface area contributed by atoms with Gasteiger partial charge in [-0.1, -0.05) is 13.8 Å². The smallest absolute Gasteiger partial charge is 0.303 e. The maximum atomic E-state index is 13.5. The number of nitrogens with one attached hydrogen (secondary N) is 2. The molecule has 0 aromatic carbocycles. The van der Waals surface area contributed by atoms with Gasteiger partial charge < -0.3 is 41.8 Å². The summed E-state index contributed by atoms with van der Waals surface area (Å²) in [7, 11) is 0. The highest BCUT2D eigenvalue weighted by Gasteiger charge is 2.43. The first-order valence-electron chi connectivity index (χ1n) is 13.9. The van der Waals surface area contributed by atoms with E-state index in [0.29, 0.717) is 64.4 Å². The highest BCUT2D eigenvalue weighted by Crippen LogP contribution is 2.26. The molecule has 8 N–H and O–H groups in total. The quantitative estimate of drug-likeness (QED) is 0.118. The lowest BCUT2D eigenvalue weighted by Gasteiger charge is -2.32. The Kier molecular flexibility index (Phi) is 12.8. The van der Waals surface area contributed by atoms with Gasteiger partial charge in [-0.2, -0.15) is 0 Å². The molecule has 2 rings (SSSR count). The third kappa shape index (κ3) is 8.99. The Morgan fingerprint density at radius 2 is 1.64 bits per heavy atom. The highest BCUT2D eigenvalue weighted by molar-refractivity contribution is 5.95. The van der Waals surface area contributed by atoms with Crippen molar-refractivity contribution in [1.29, 1.82) is 0 Å². The van der Waals surface area contributed by atoms with Crippen LogP contribution in [0.5, 0.6) is 0 Å². The summed E-state index contributed by atoms with van der Waals surface area (Å²) >= 11 is 0. The fraction of sp³-hybridized carbons (Fsp3) is 0.769. The Hall–Kier alpha value is -3.06. The van der Waals surface area contributed by atoms with Gasteiger partial charge in [0, 0.05) is 19.5 Å². The molecule has 0 aromatic heterocycles. The number of quaternary nitrogens is 1. The predicted octanol–water partition coefficient (Wildman–Crippen LogP) is -1.60. The van der Waals surface area contributed by atoms with Crippen molar-refractivity contribution in [3.8, 4) is 0 Å². The normalized spacial score (nSPS) is 21.4. The Balaban J connectivity index is 2.10. The molecule has 2 aliphatic heterocycles. The molecular weight excluding hydrogens is 508 g/mol. The van der Waals surface area contributed by atoms with Gasteiger partial charge in [0.15, 0.2) is 0 Å². The summed E-state index contributed by atoms with van der Waals surface area (Å²) in [5.74, 6) is -2.87. The molecule has 4 amide bonds. The molecule has 0 aliphatic carbocycles. The zero-order chi connectivity index (χ0) is 29.1. The van der Waals surface area contributed by atoms with Crippen LogP contribution in [0, 0.1) is 5.92 Å². The van der Waals surface area contributed by atoms with Crippen LogP contribution in [0.3, 0.4) is 0 Å². The zero-order valence-electron chi connectivity index (χ0n) is 23.1. The number of likely N-dealkylation sites (tertiary alicyclic amines) is 2. The van der Waals surface area contributed by atoms with Gasteiger partial charge in [0.25, 0.3) is 0 Å². The molecule has 0 saturated carbocycles. The van der Waals surface area contributed by atoms with Gasteiger partial charge >= 0.3 is 5.97 Å². The second-order valence-corrected chi connectivity index (χ2v) is 10.7. The molecule has 39 heavy (non-hydrogen) atoms. The van der Waals surface area contributed by atoms with E-state index in [4.69, 9.17) is 10.8 Å². The Morgan fingerprint density at radius 3 is 2.23 bits per heavy atom. The van der Waals surface area contributed by atoms with E-state index in [1.165, 1.54) is 9.80 Å². The van der Waals surface area contributed by atoms with E-state index in [2.05, 4.69) is 16.4 Å². The van der Waals surface area contributed by atoms with E-state index >= 15 is 0 Å². The standard InChI is InChI=1S/C26H44N6O7/c1-16(2)19(15-33)30-23(36)18(7-3-4-12-27)29-24(37)20-8-5-13-31(20)26(39)21-9-6-14-32(21)25(38)17(28)10-11-22(34)35/h15-21H,3-14,27-28H2,1-2H3,(H,29,37)(H,30,36)(H,34,35)/p+1/t17-,18-,19-,20+,21+/m0/s1. The van der Waals surface area contributed by atoms with Gasteiger partial charge in [0.1, 0.15) is 24.4 Å². The first-order chi connectivity index (χ1) is 18.5. The highest BCUT2D eigenvalue weighted by atomic mass is 16.4. The fourth-order valence-electron chi connectivity index (χ4n) is 5.08. The number of hydrogen-bond donors (Lipinski definition) is 5. The van der Waals surface area contributed by atoms with Crippen molar-refractivity contribution in [3.05, 3.63) is 0 Å². The predicted molar refractivity (Wildman–Crippen MR) is 141 cm³/mol. The number of amides is 4. The van der Waals surface area contributed by atoms with Crippen molar-refractivity contribution in [2.24, 2.45) is 11.7 Å². The molecule has 2 saturated heterocycles. The number of aliphatic carboxylic acids is 1. The number of unbranched alkanes of at least 4 members (excludes halogenated alkanes) is 1. The van der Waals surface area contributed by atoms with E-state index in [1.54, 1.807) is 0 Å². The molecule has 0 bridgehead atoms. The minimum absolute atomic E-state index is 0.0281. The van der Waals surface area contributed by atoms with Crippen LogP contribution in [-0.4, -0.2) is 101 Å². The fourth-order valence-corrected chi connectivity index (χ4v) is 5.08. The van der Waals surface area contributed by atoms with Gasteiger partial charge in [0.05, 0.1) is 18.6 Å². The van der Waals surface area contributed by atoms with Crippen LogP contribution in [0.15, 0.2) is 0 Å². The van der Waals surface area contributed by atoms with Crippen LogP contribution in [-0.2, 0) is 28.8 Å². The Morgan fingerprint density at radius 1 is 1.00 bits per heavy atom. The molecule has 2 fully saturated rings.